The molecule has 134 valence electrons. The third-order valence-corrected chi connectivity index (χ3v) is 5.63. The number of anilines is 1. The van der Waals surface area contributed by atoms with Crippen molar-refractivity contribution in [1.29, 1.82) is 0 Å². The Morgan fingerprint density at radius 2 is 2.11 bits per heavy atom. The Hall–Kier alpha value is -3.13. The predicted octanol–water partition coefficient (Wildman–Crippen LogP) is 4.46. The van der Waals surface area contributed by atoms with Crippen molar-refractivity contribution in [1.82, 2.24) is 14.4 Å². The van der Waals surface area contributed by atoms with E-state index in [1.54, 1.807) is 6.34 Å². The highest BCUT2D eigenvalue weighted by molar-refractivity contribution is 7.10. The van der Waals surface area contributed by atoms with E-state index >= 15 is 0 Å². The first kappa shape index (κ1) is 16.1. The molecule has 3 aromatic rings. The summed E-state index contributed by atoms with van der Waals surface area (Å²) in [5.41, 5.74) is 4.11. The molecule has 0 fully saturated rings. The highest BCUT2D eigenvalue weighted by Gasteiger charge is 2.33. The van der Waals surface area contributed by atoms with Gasteiger partial charge in [0.15, 0.2) is 0 Å². The molecule has 2 aliphatic rings. The monoisotopic (exact) mass is 375 g/mol. The van der Waals surface area contributed by atoms with E-state index < -0.39 is 0 Å². The quantitative estimate of drug-likeness (QED) is 0.678. The first-order valence-corrected chi connectivity index (χ1v) is 9.48. The van der Waals surface area contributed by atoms with Gasteiger partial charge >= 0.3 is 0 Å². The van der Waals surface area contributed by atoms with Crippen molar-refractivity contribution < 1.29 is 0 Å². The molecule has 0 aliphatic carbocycles. The number of fused-ring (bicyclic) bond motifs is 2. The van der Waals surface area contributed by atoms with E-state index in [9.17, 15) is 0 Å². The summed E-state index contributed by atoms with van der Waals surface area (Å²) in [6.45, 7) is 4.11. The summed E-state index contributed by atoms with van der Waals surface area (Å²) in [7, 11) is 0. The van der Waals surface area contributed by atoms with Crippen LogP contribution in [0, 0.1) is 6.92 Å². The van der Waals surface area contributed by atoms with Crippen LogP contribution in [0.5, 0.6) is 0 Å². The molecule has 0 amide bonds. The molecule has 5 rings (SSSR count). The molecule has 8 heteroatoms. The Kier molecular flexibility index (Phi) is 3.71. The van der Waals surface area contributed by atoms with E-state index in [0.29, 0.717) is 0 Å². The van der Waals surface area contributed by atoms with E-state index in [2.05, 4.69) is 49.8 Å². The Bertz CT molecular complexity index is 1100. The van der Waals surface area contributed by atoms with Crippen LogP contribution in [0.4, 0.5) is 5.00 Å². The van der Waals surface area contributed by atoms with Crippen LogP contribution < -0.4 is 4.90 Å². The SMILES string of the molecule is Cc1cc(N2C=NC3N=NN([C@@H](C)c4ccc5ncccc5c4)C3=C2)sn1. The van der Waals surface area contributed by atoms with Gasteiger partial charge in [-0.05, 0) is 55.2 Å². The Morgan fingerprint density at radius 1 is 1.19 bits per heavy atom. The first-order chi connectivity index (χ1) is 13.2. The van der Waals surface area contributed by atoms with Crippen molar-refractivity contribution in [2.24, 2.45) is 15.3 Å². The predicted molar refractivity (Wildman–Crippen MR) is 107 cm³/mol. The second-order valence-corrected chi connectivity index (χ2v) is 7.37. The largest absolute Gasteiger partial charge is 0.296 e. The van der Waals surface area contributed by atoms with E-state index in [0.717, 1.165) is 32.9 Å². The van der Waals surface area contributed by atoms with Gasteiger partial charge in [0.25, 0.3) is 0 Å². The number of aliphatic imine (C=N–C) groups is 1. The lowest BCUT2D eigenvalue weighted by molar-refractivity contribution is 0.288. The standard InChI is InChI=1S/C19H17N7S/c1-12-8-18(27-23-12)25-10-17-19(21-11-25)22-24-26(17)13(2)14-5-6-16-15(9-14)4-3-7-20-16/h3-11,13,19H,1-2H3/t13-,19?/m0/s1. The maximum atomic E-state index is 4.53. The topological polar surface area (TPSA) is 69.3 Å². The number of nitrogens with zero attached hydrogens (tertiary/aromatic N) is 7. The van der Waals surface area contributed by atoms with Crippen LogP contribution in [0.15, 0.2) is 69.8 Å². The van der Waals surface area contributed by atoms with Crippen LogP contribution >= 0.6 is 11.5 Å². The zero-order valence-corrected chi connectivity index (χ0v) is 15.7. The number of pyridine rings is 1. The summed E-state index contributed by atoms with van der Waals surface area (Å²) >= 11 is 1.45. The Labute approximate surface area is 160 Å². The molecule has 4 heterocycles. The molecule has 0 spiro atoms. The third-order valence-electron chi connectivity index (χ3n) is 4.74. The molecule has 2 atom stereocenters. The maximum Gasteiger partial charge on any atom is 0.207 e. The van der Waals surface area contributed by atoms with Gasteiger partial charge in [0.1, 0.15) is 10.7 Å². The zero-order chi connectivity index (χ0) is 18.4. The maximum absolute atomic E-state index is 4.53. The number of rotatable bonds is 3. The average Bonchev–Trinajstić information content (AvgIpc) is 3.32. The summed E-state index contributed by atoms with van der Waals surface area (Å²) in [5.74, 6) is 0. The fourth-order valence-electron chi connectivity index (χ4n) is 3.27. The molecule has 0 saturated heterocycles. The third kappa shape index (κ3) is 2.78. The Balaban J connectivity index is 1.47. The van der Waals surface area contributed by atoms with E-state index in [1.807, 2.05) is 47.4 Å². The molecule has 7 nitrogen and oxygen atoms in total. The van der Waals surface area contributed by atoms with Crippen LogP contribution in [0.3, 0.4) is 0 Å². The van der Waals surface area contributed by atoms with Gasteiger partial charge < -0.3 is 0 Å². The van der Waals surface area contributed by atoms with Gasteiger partial charge in [-0.2, -0.15) is 4.37 Å². The minimum atomic E-state index is -0.278. The molecular formula is C19H17N7S. The molecule has 0 bridgehead atoms. The molecule has 2 aliphatic heterocycles. The molecule has 1 aromatic carbocycles. The van der Waals surface area contributed by atoms with Crippen LogP contribution in [-0.2, 0) is 0 Å². The Morgan fingerprint density at radius 3 is 2.96 bits per heavy atom. The molecule has 27 heavy (non-hydrogen) atoms. The van der Waals surface area contributed by atoms with Gasteiger partial charge in [0, 0.05) is 17.8 Å². The first-order valence-electron chi connectivity index (χ1n) is 8.70. The van der Waals surface area contributed by atoms with Crippen LogP contribution in [-0.4, -0.2) is 26.9 Å². The van der Waals surface area contributed by atoms with Crippen molar-refractivity contribution >= 4 is 33.8 Å². The summed E-state index contributed by atoms with van der Waals surface area (Å²) in [4.78, 5) is 10.9. The lowest BCUT2D eigenvalue weighted by atomic mass is 10.0. The molecule has 2 aromatic heterocycles. The van der Waals surface area contributed by atoms with Gasteiger partial charge in [0.2, 0.25) is 6.17 Å². The number of benzene rings is 1. The van der Waals surface area contributed by atoms with E-state index in [-0.39, 0.29) is 12.2 Å². The van der Waals surface area contributed by atoms with Crippen molar-refractivity contribution in [3.63, 3.8) is 0 Å². The molecule has 1 unspecified atom stereocenters. The molecule has 0 saturated carbocycles. The zero-order valence-electron chi connectivity index (χ0n) is 14.9. The molecule has 0 radical (unpaired) electrons. The van der Waals surface area contributed by atoms with Gasteiger partial charge in [-0.25, -0.2) is 10.0 Å². The van der Waals surface area contributed by atoms with Gasteiger partial charge in [0.05, 0.1) is 23.6 Å². The van der Waals surface area contributed by atoms with Crippen LogP contribution in [0.2, 0.25) is 0 Å². The van der Waals surface area contributed by atoms with Crippen molar-refractivity contribution in [2.75, 3.05) is 4.90 Å². The summed E-state index contributed by atoms with van der Waals surface area (Å²) in [6, 6.07) is 12.4. The minimum Gasteiger partial charge on any atom is -0.296 e. The van der Waals surface area contributed by atoms with Crippen molar-refractivity contribution in [3.05, 3.63) is 65.7 Å². The van der Waals surface area contributed by atoms with Crippen molar-refractivity contribution in [3.8, 4) is 0 Å². The number of hydrogen-bond acceptors (Lipinski definition) is 8. The number of hydrogen-bond donors (Lipinski definition) is 0. The van der Waals surface area contributed by atoms with Crippen LogP contribution in [0.1, 0.15) is 24.2 Å². The second-order valence-electron chi connectivity index (χ2n) is 6.59. The highest BCUT2D eigenvalue weighted by Crippen LogP contribution is 2.36. The van der Waals surface area contributed by atoms with Crippen LogP contribution in [0.25, 0.3) is 10.9 Å². The normalized spacial score (nSPS) is 19.5. The van der Waals surface area contributed by atoms with Crippen molar-refractivity contribution in [2.45, 2.75) is 26.1 Å². The second kappa shape index (κ2) is 6.24. The molecule has 0 N–H and O–H groups in total. The highest BCUT2D eigenvalue weighted by atomic mass is 32.1. The number of aromatic nitrogens is 2. The van der Waals surface area contributed by atoms with Gasteiger partial charge in [-0.3, -0.25) is 9.88 Å². The lowest BCUT2D eigenvalue weighted by Crippen LogP contribution is -2.28. The number of aryl methyl sites for hydroxylation is 1. The van der Waals surface area contributed by atoms with Gasteiger partial charge in [-0.15, -0.1) is 5.11 Å². The smallest absolute Gasteiger partial charge is 0.207 e. The molecular weight excluding hydrogens is 358 g/mol. The summed E-state index contributed by atoms with van der Waals surface area (Å²) in [6.07, 6.45) is 5.37. The fraction of sp³-hybridized carbons (Fsp3) is 0.211. The van der Waals surface area contributed by atoms with E-state index in [4.69, 9.17) is 0 Å². The lowest BCUT2D eigenvalue weighted by Gasteiger charge is -2.27. The summed E-state index contributed by atoms with van der Waals surface area (Å²) < 4.78 is 4.35. The summed E-state index contributed by atoms with van der Waals surface area (Å²) in [5, 5.41) is 12.8. The minimum absolute atomic E-state index is 0.0351. The van der Waals surface area contributed by atoms with Gasteiger partial charge in [-0.1, -0.05) is 17.4 Å². The van der Waals surface area contributed by atoms with E-state index in [1.165, 1.54) is 11.5 Å². The fourth-order valence-corrected chi connectivity index (χ4v) is 3.97. The average molecular weight is 375 g/mol.